The molecule has 0 aliphatic heterocycles. The van der Waals surface area contributed by atoms with Crippen molar-refractivity contribution in [3.63, 3.8) is 0 Å². The SMILES string of the molecule is CCCCOc1ccc(C(=O)NNC(=O)c2ccc(-c3ccccc3)cc2)cc1Br. The number of benzene rings is 3. The smallest absolute Gasteiger partial charge is 0.269 e. The van der Waals surface area contributed by atoms with Gasteiger partial charge in [-0.1, -0.05) is 55.8 Å². The molecule has 0 radical (unpaired) electrons. The minimum Gasteiger partial charge on any atom is -0.492 e. The first kappa shape index (κ1) is 21.6. The zero-order valence-corrected chi connectivity index (χ0v) is 18.2. The highest BCUT2D eigenvalue weighted by molar-refractivity contribution is 9.10. The van der Waals surface area contributed by atoms with Gasteiger partial charge in [-0.25, -0.2) is 0 Å². The Morgan fingerprint density at radius 1 is 0.833 bits per heavy atom. The number of carbonyl (C=O) groups excluding carboxylic acids is 2. The van der Waals surface area contributed by atoms with Crippen LogP contribution in [0.4, 0.5) is 0 Å². The Balaban J connectivity index is 1.56. The Bertz CT molecular complexity index is 1000. The molecule has 30 heavy (non-hydrogen) atoms. The van der Waals surface area contributed by atoms with Gasteiger partial charge < -0.3 is 4.74 Å². The predicted octanol–water partition coefficient (Wildman–Crippen LogP) is 5.37. The first-order valence-corrected chi connectivity index (χ1v) is 10.6. The molecule has 2 amide bonds. The number of nitrogens with one attached hydrogen (secondary N) is 2. The Morgan fingerprint density at radius 3 is 2.07 bits per heavy atom. The third-order valence-corrected chi connectivity index (χ3v) is 5.11. The molecule has 0 saturated heterocycles. The number of ether oxygens (including phenoxy) is 1. The lowest BCUT2D eigenvalue weighted by Gasteiger charge is -2.11. The average Bonchev–Trinajstić information content (AvgIpc) is 2.79. The van der Waals surface area contributed by atoms with Crippen molar-refractivity contribution in [1.82, 2.24) is 10.9 Å². The minimum atomic E-state index is -0.412. The number of hydrogen-bond acceptors (Lipinski definition) is 3. The van der Waals surface area contributed by atoms with Crippen molar-refractivity contribution in [3.05, 3.63) is 88.4 Å². The number of unbranched alkanes of at least 4 members (excludes halogenated alkanes) is 1. The predicted molar refractivity (Wildman–Crippen MR) is 121 cm³/mol. The monoisotopic (exact) mass is 466 g/mol. The van der Waals surface area contributed by atoms with Gasteiger partial charge in [-0.2, -0.15) is 0 Å². The van der Waals surface area contributed by atoms with Crippen LogP contribution in [0, 0.1) is 0 Å². The molecule has 0 heterocycles. The first-order valence-electron chi connectivity index (χ1n) is 9.77. The van der Waals surface area contributed by atoms with E-state index in [1.807, 2.05) is 42.5 Å². The van der Waals surface area contributed by atoms with Crippen LogP contribution in [0.5, 0.6) is 5.75 Å². The highest BCUT2D eigenvalue weighted by atomic mass is 79.9. The van der Waals surface area contributed by atoms with Crippen molar-refractivity contribution < 1.29 is 14.3 Å². The van der Waals surface area contributed by atoms with Gasteiger partial charge in [0, 0.05) is 11.1 Å². The summed E-state index contributed by atoms with van der Waals surface area (Å²) in [5.74, 6) is -0.117. The van der Waals surface area contributed by atoms with Gasteiger partial charge in [0.1, 0.15) is 5.75 Å². The van der Waals surface area contributed by atoms with Crippen LogP contribution in [-0.2, 0) is 0 Å². The third kappa shape index (κ3) is 5.70. The van der Waals surface area contributed by atoms with Crippen molar-refractivity contribution in [2.75, 3.05) is 6.61 Å². The fourth-order valence-corrected chi connectivity index (χ4v) is 3.28. The van der Waals surface area contributed by atoms with Crippen LogP contribution in [0.3, 0.4) is 0 Å². The maximum Gasteiger partial charge on any atom is 0.269 e. The van der Waals surface area contributed by atoms with Crippen LogP contribution >= 0.6 is 15.9 Å². The van der Waals surface area contributed by atoms with Crippen molar-refractivity contribution >= 4 is 27.7 Å². The lowest BCUT2D eigenvalue weighted by atomic mass is 10.0. The molecule has 6 heteroatoms. The zero-order valence-electron chi connectivity index (χ0n) is 16.7. The standard InChI is InChI=1S/C24H23BrN2O3/c1-2-3-15-30-22-14-13-20(16-21(22)25)24(29)27-26-23(28)19-11-9-18(10-12-19)17-7-5-4-6-8-17/h4-14,16H,2-3,15H2,1H3,(H,26,28)(H,27,29). The Labute approximate surface area is 184 Å². The van der Waals surface area contributed by atoms with Crippen LogP contribution in [0.1, 0.15) is 40.5 Å². The van der Waals surface area contributed by atoms with Crippen molar-refractivity contribution in [2.24, 2.45) is 0 Å². The molecule has 0 aromatic heterocycles. The van der Waals surface area contributed by atoms with E-state index in [9.17, 15) is 9.59 Å². The topological polar surface area (TPSA) is 67.4 Å². The van der Waals surface area contributed by atoms with Gasteiger partial charge in [0.15, 0.2) is 0 Å². The molecule has 0 spiro atoms. The Hall–Kier alpha value is -3.12. The third-order valence-electron chi connectivity index (χ3n) is 4.49. The Morgan fingerprint density at radius 2 is 1.43 bits per heavy atom. The summed E-state index contributed by atoms with van der Waals surface area (Å²) in [7, 11) is 0. The molecular weight excluding hydrogens is 444 g/mol. The number of amides is 2. The number of rotatable bonds is 7. The summed E-state index contributed by atoms with van der Waals surface area (Å²) in [4.78, 5) is 24.7. The van der Waals surface area contributed by atoms with E-state index in [1.54, 1.807) is 30.3 Å². The first-order chi connectivity index (χ1) is 14.6. The van der Waals surface area contributed by atoms with Crippen LogP contribution in [-0.4, -0.2) is 18.4 Å². The van der Waals surface area contributed by atoms with Gasteiger partial charge in [0.25, 0.3) is 11.8 Å². The summed E-state index contributed by atoms with van der Waals surface area (Å²) in [6.07, 6.45) is 2.01. The number of halogens is 1. The summed E-state index contributed by atoms with van der Waals surface area (Å²) in [6.45, 7) is 2.72. The van der Waals surface area contributed by atoms with E-state index in [4.69, 9.17) is 4.74 Å². The molecule has 0 atom stereocenters. The molecule has 0 unspecified atom stereocenters. The van der Waals surface area contributed by atoms with Crippen LogP contribution in [0.15, 0.2) is 77.3 Å². The highest BCUT2D eigenvalue weighted by Crippen LogP contribution is 2.26. The second-order valence-corrected chi connectivity index (χ2v) is 7.55. The molecule has 0 aliphatic carbocycles. The summed E-state index contributed by atoms with van der Waals surface area (Å²) < 4.78 is 6.35. The molecule has 5 nitrogen and oxygen atoms in total. The average molecular weight is 467 g/mol. The second kappa shape index (κ2) is 10.6. The van der Waals surface area contributed by atoms with Crippen LogP contribution < -0.4 is 15.6 Å². The summed E-state index contributed by atoms with van der Waals surface area (Å²) in [5.41, 5.74) is 7.84. The normalized spacial score (nSPS) is 10.3. The van der Waals surface area contributed by atoms with E-state index in [-0.39, 0.29) is 5.91 Å². The molecule has 3 rings (SSSR count). The number of hydrogen-bond donors (Lipinski definition) is 2. The largest absolute Gasteiger partial charge is 0.492 e. The molecule has 3 aromatic carbocycles. The van der Waals surface area contributed by atoms with Crippen molar-refractivity contribution in [1.29, 1.82) is 0 Å². The molecule has 154 valence electrons. The fourth-order valence-electron chi connectivity index (χ4n) is 2.79. The van der Waals surface area contributed by atoms with Crippen molar-refractivity contribution in [3.8, 4) is 16.9 Å². The second-order valence-electron chi connectivity index (χ2n) is 6.70. The summed E-state index contributed by atoms with van der Waals surface area (Å²) in [5, 5.41) is 0. The maximum atomic E-state index is 12.4. The Kier molecular flexibility index (Phi) is 7.63. The quantitative estimate of drug-likeness (QED) is 0.363. The number of hydrazine groups is 1. The van der Waals surface area contributed by atoms with E-state index in [1.165, 1.54) is 0 Å². The molecule has 0 saturated carbocycles. The summed E-state index contributed by atoms with van der Waals surface area (Å²) >= 11 is 3.42. The fraction of sp³-hybridized carbons (Fsp3) is 0.167. The van der Waals surface area contributed by atoms with E-state index in [2.05, 4.69) is 33.7 Å². The van der Waals surface area contributed by atoms with E-state index in [0.717, 1.165) is 24.0 Å². The van der Waals surface area contributed by atoms with E-state index in [0.29, 0.717) is 28.0 Å². The molecule has 3 aromatic rings. The molecule has 0 fully saturated rings. The van der Waals surface area contributed by atoms with Gasteiger partial charge in [-0.05, 0) is 63.8 Å². The number of carbonyl (C=O) groups is 2. The lowest BCUT2D eigenvalue weighted by molar-refractivity contribution is 0.0846. The highest BCUT2D eigenvalue weighted by Gasteiger charge is 2.12. The maximum absolute atomic E-state index is 12.4. The molecule has 0 bridgehead atoms. The van der Waals surface area contributed by atoms with Gasteiger partial charge in [0.05, 0.1) is 11.1 Å². The lowest BCUT2D eigenvalue weighted by Crippen LogP contribution is -2.41. The van der Waals surface area contributed by atoms with Crippen molar-refractivity contribution in [2.45, 2.75) is 19.8 Å². The summed E-state index contributed by atoms with van der Waals surface area (Å²) in [6, 6.07) is 22.2. The van der Waals surface area contributed by atoms with E-state index < -0.39 is 5.91 Å². The minimum absolute atomic E-state index is 0.387. The van der Waals surface area contributed by atoms with E-state index >= 15 is 0 Å². The van der Waals surface area contributed by atoms with Crippen LogP contribution in [0.25, 0.3) is 11.1 Å². The molecule has 2 N–H and O–H groups in total. The van der Waals surface area contributed by atoms with Gasteiger partial charge in [-0.3, -0.25) is 20.4 Å². The van der Waals surface area contributed by atoms with Crippen LogP contribution in [0.2, 0.25) is 0 Å². The zero-order chi connectivity index (χ0) is 21.3. The van der Waals surface area contributed by atoms with Gasteiger partial charge in [0.2, 0.25) is 0 Å². The molecule has 0 aliphatic rings. The van der Waals surface area contributed by atoms with Gasteiger partial charge >= 0.3 is 0 Å². The molecular formula is C24H23BrN2O3. The van der Waals surface area contributed by atoms with Gasteiger partial charge in [-0.15, -0.1) is 0 Å².